The van der Waals surface area contributed by atoms with Crippen LogP contribution in [-0.4, -0.2) is 18.4 Å². The lowest BCUT2D eigenvalue weighted by molar-refractivity contribution is -0.125. The Morgan fingerprint density at radius 2 is 1.31 bits per heavy atom. The first-order chi connectivity index (χ1) is 13.9. The van der Waals surface area contributed by atoms with E-state index in [4.69, 9.17) is 4.74 Å². The smallest absolute Gasteiger partial charge is 0.255 e. The molecular weight excluding hydrogens is 364 g/mol. The van der Waals surface area contributed by atoms with Crippen LogP contribution in [-0.2, 0) is 4.79 Å². The van der Waals surface area contributed by atoms with E-state index in [9.17, 15) is 9.59 Å². The molecule has 2 amide bonds. The van der Waals surface area contributed by atoms with E-state index in [0.717, 1.165) is 5.69 Å². The molecule has 2 N–H and O–H groups in total. The van der Waals surface area contributed by atoms with Crippen molar-refractivity contribution >= 4 is 23.2 Å². The van der Waals surface area contributed by atoms with Crippen molar-refractivity contribution < 1.29 is 14.3 Å². The Morgan fingerprint density at radius 1 is 0.759 bits per heavy atom. The van der Waals surface area contributed by atoms with Gasteiger partial charge in [-0.2, -0.15) is 0 Å². The SMILES string of the molecule is CC(C)(COc1ccc(NC(=O)c2ccccc2)cc1)C(=O)Nc1ccccc1. The van der Waals surface area contributed by atoms with Crippen molar-refractivity contribution in [2.75, 3.05) is 17.2 Å². The number of rotatable bonds is 7. The predicted octanol–water partition coefficient (Wildman–Crippen LogP) is 4.98. The fourth-order valence-corrected chi connectivity index (χ4v) is 2.58. The molecule has 0 aliphatic heterocycles. The van der Waals surface area contributed by atoms with Crippen LogP contribution in [0.2, 0.25) is 0 Å². The van der Waals surface area contributed by atoms with Gasteiger partial charge in [-0.15, -0.1) is 0 Å². The summed E-state index contributed by atoms with van der Waals surface area (Å²) in [4.78, 5) is 24.7. The fourth-order valence-electron chi connectivity index (χ4n) is 2.58. The summed E-state index contributed by atoms with van der Waals surface area (Å²) >= 11 is 0. The maximum Gasteiger partial charge on any atom is 0.255 e. The molecule has 0 heterocycles. The third-order valence-corrected chi connectivity index (χ3v) is 4.39. The van der Waals surface area contributed by atoms with E-state index < -0.39 is 5.41 Å². The number of hydrogen-bond donors (Lipinski definition) is 2. The highest BCUT2D eigenvalue weighted by atomic mass is 16.5. The largest absolute Gasteiger partial charge is 0.492 e. The molecule has 29 heavy (non-hydrogen) atoms. The average molecular weight is 388 g/mol. The van der Waals surface area contributed by atoms with Gasteiger partial charge in [0.15, 0.2) is 0 Å². The number of anilines is 2. The number of benzene rings is 3. The first kappa shape index (κ1) is 20.1. The molecule has 0 bridgehead atoms. The molecule has 0 fully saturated rings. The molecule has 0 saturated heterocycles. The lowest BCUT2D eigenvalue weighted by Crippen LogP contribution is -2.36. The van der Waals surface area contributed by atoms with E-state index in [1.54, 1.807) is 36.4 Å². The Bertz CT molecular complexity index is 952. The highest BCUT2D eigenvalue weighted by Crippen LogP contribution is 2.22. The van der Waals surface area contributed by atoms with E-state index in [0.29, 0.717) is 17.0 Å². The number of carbonyl (C=O) groups is 2. The number of para-hydroxylation sites is 1. The number of hydrogen-bond acceptors (Lipinski definition) is 3. The molecule has 0 unspecified atom stereocenters. The number of ether oxygens (including phenoxy) is 1. The second kappa shape index (κ2) is 9.06. The van der Waals surface area contributed by atoms with Gasteiger partial charge in [-0.3, -0.25) is 9.59 Å². The summed E-state index contributed by atoms with van der Waals surface area (Å²) in [6.07, 6.45) is 0. The summed E-state index contributed by atoms with van der Waals surface area (Å²) < 4.78 is 5.80. The van der Waals surface area contributed by atoms with Crippen molar-refractivity contribution in [3.05, 3.63) is 90.5 Å². The van der Waals surface area contributed by atoms with E-state index >= 15 is 0 Å². The number of carbonyl (C=O) groups excluding carboxylic acids is 2. The highest BCUT2D eigenvalue weighted by Gasteiger charge is 2.28. The molecule has 3 aromatic rings. The second-order valence-corrected chi connectivity index (χ2v) is 7.34. The maximum atomic E-state index is 12.5. The zero-order chi connectivity index (χ0) is 20.7. The van der Waals surface area contributed by atoms with Crippen molar-refractivity contribution in [2.24, 2.45) is 5.41 Å². The van der Waals surface area contributed by atoms with Crippen LogP contribution in [0.15, 0.2) is 84.9 Å². The zero-order valence-corrected chi connectivity index (χ0v) is 16.5. The van der Waals surface area contributed by atoms with Gasteiger partial charge in [0.2, 0.25) is 5.91 Å². The normalized spacial score (nSPS) is 10.8. The summed E-state index contributed by atoms with van der Waals surface area (Å²) in [5.41, 5.74) is 1.31. The van der Waals surface area contributed by atoms with E-state index in [2.05, 4.69) is 10.6 Å². The van der Waals surface area contributed by atoms with Gasteiger partial charge in [0.05, 0.1) is 5.41 Å². The molecule has 3 aromatic carbocycles. The van der Waals surface area contributed by atoms with Crippen LogP contribution in [0.5, 0.6) is 5.75 Å². The summed E-state index contributed by atoms with van der Waals surface area (Å²) in [5.74, 6) is 0.344. The highest BCUT2D eigenvalue weighted by molar-refractivity contribution is 6.04. The van der Waals surface area contributed by atoms with Crippen LogP contribution in [0, 0.1) is 5.41 Å². The molecule has 0 aliphatic rings. The van der Waals surface area contributed by atoms with Crippen molar-refractivity contribution in [1.29, 1.82) is 0 Å². The molecule has 5 nitrogen and oxygen atoms in total. The van der Waals surface area contributed by atoms with Gasteiger partial charge in [-0.25, -0.2) is 0 Å². The maximum absolute atomic E-state index is 12.5. The Morgan fingerprint density at radius 3 is 1.93 bits per heavy atom. The second-order valence-electron chi connectivity index (χ2n) is 7.34. The van der Waals surface area contributed by atoms with Crippen molar-refractivity contribution in [2.45, 2.75) is 13.8 Å². The molecule has 148 valence electrons. The minimum Gasteiger partial charge on any atom is -0.492 e. The lowest BCUT2D eigenvalue weighted by Gasteiger charge is -2.24. The van der Waals surface area contributed by atoms with Gasteiger partial charge >= 0.3 is 0 Å². The number of nitrogens with one attached hydrogen (secondary N) is 2. The third-order valence-electron chi connectivity index (χ3n) is 4.39. The van der Waals surface area contributed by atoms with Crippen LogP contribution in [0.4, 0.5) is 11.4 Å². The van der Waals surface area contributed by atoms with Crippen LogP contribution in [0.1, 0.15) is 24.2 Å². The van der Waals surface area contributed by atoms with Crippen molar-refractivity contribution in [3.63, 3.8) is 0 Å². The van der Waals surface area contributed by atoms with E-state index in [1.807, 2.05) is 62.4 Å². The molecule has 0 radical (unpaired) electrons. The fraction of sp³-hybridized carbons (Fsp3) is 0.167. The molecule has 0 aromatic heterocycles. The lowest BCUT2D eigenvalue weighted by atomic mass is 9.93. The Balaban J connectivity index is 1.54. The van der Waals surface area contributed by atoms with Gasteiger partial charge in [-0.1, -0.05) is 36.4 Å². The minimum atomic E-state index is -0.712. The molecule has 0 saturated carbocycles. The molecule has 3 rings (SSSR count). The first-order valence-electron chi connectivity index (χ1n) is 9.40. The van der Waals surface area contributed by atoms with Gasteiger partial charge in [0.25, 0.3) is 5.91 Å². The minimum absolute atomic E-state index is 0.115. The topological polar surface area (TPSA) is 67.4 Å². The van der Waals surface area contributed by atoms with Crippen LogP contribution >= 0.6 is 0 Å². The molecule has 0 atom stereocenters. The molecule has 0 aliphatic carbocycles. The Labute approximate surface area is 170 Å². The van der Waals surface area contributed by atoms with Crippen LogP contribution in [0.3, 0.4) is 0 Å². The van der Waals surface area contributed by atoms with Crippen LogP contribution < -0.4 is 15.4 Å². The van der Waals surface area contributed by atoms with E-state index in [1.165, 1.54) is 0 Å². The summed E-state index contributed by atoms with van der Waals surface area (Å²) in [6, 6.07) is 25.4. The van der Waals surface area contributed by atoms with Gasteiger partial charge in [0, 0.05) is 16.9 Å². The average Bonchev–Trinajstić information content (AvgIpc) is 2.74. The molecular formula is C24H24N2O3. The van der Waals surface area contributed by atoms with Crippen LogP contribution in [0.25, 0.3) is 0 Å². The standard InChI is InChI=1S/C24H24N2O3/c1-24(2,23(28)26-19-11-7-4-8-12-19)17-29-21-15-13-20(14-16-21)25-22(27)18-9-5-3-6-10-18/h3-16H,17H2,1-2H3,(H,25,27)(H,26,28). The Kier molecular flexibility index (Phi) is 6.29. The van der Waals surface area contributed by atoms with Gasteiger partial charge in [0.1, 0.15) is 12.4 Å². The van der Waals surface area contributed by atoms with E-state index in [-0.39, 0.29) is 18.4 Å². The van der Waals surface area contributed by atoms with Crippen molar-refractivity contribution in [1.82, 2.24) is 0 Å². The zero-order valence-electron chi connectivity index (χ0n) is 16.5. The summed E-state index contributed by atoms with van der Waals surface area (Å²) in [7, 11) is 0. The first-order valence-corrected chi connectivity index (χ1v) is 9.40. The quantitative estimate of drug-likeness (QED) is 0.600. The Hall–Kier alpha value is -3.60. The number of amides is 2. The van der Waals surface area contributed by atoms with Gasteiger partial charge in [-0.05, 0) is 62.4 Å². The summed E-state index contributed by atoms with van der Waals surface area (Å²) in [5, 5.41) is 5.74. The predicted molar refractivity (Wildman–Crippen MR) is 115 cm³/mol. The van der Waals surface area contributed by atoms with Gasteiger partial charge < -0.3 is 15.4 Å². The molecule has 5 heteroatoms. The summed E-state index contributed by atoms with van der Waals surface area (Å²) in [6.45, 7) is 3.89. The van der Waals surface area contributed by atoms with Crippen molar-refractivity contribution in [3.8, 4) is 5.75 Å². The molecule has 0 spiro atoms. The monoisotopic (exact) mass is 388 g/mol. The third kappa shape index (κ3) is 5.69.